The summed E-state index contributed by atoms with van der Waals surface area (Å²) in [5.74, 6) is -0.293. The Labute approximate surface area is 209 Å². The smallest absolute Gasteiger partial charge is 0.326 e. The number of thioether (sulfide) groups is 2. The van der Waals surface area contributed by atoms with Crippen LogP contribution in [0, 0.1) is 5.92 Å². The van der Waals surface area contributed by atoms with E-state index < -0.39 is 12.0 Å². The molecular formula is C23H23N5O3S3. The van der Waals surface area contributed by atoms with E-state index >= 15 is 0 Å². The number of carbonyl (C=O) groups excluding carboxylic acids is 1. The maximum atomic E-state index is 12.4. The molecular weight excluding hydrogens is 490 g/mol. The third kappa shape index (κ3) is 5.78. The molecule has 2 aromatic carbocycles. The molecule has 1 atom stereocenters. The van der Waals surface area contributed by atoms with E-state index in [2.05, 4.69) is 26.6 Å². The molecule has 0 saturated carbocycles. The Morgan fingerprint density at radius 1 is 1.06 bits per heavy atom. The molecule has 1 amide bonds. The second-order valence-electron chi connectivity index (χ2n) is 7.72. The third-order valence-corrected chi connectivity index (χ3v) is 8.00. The summed E-state index contributed by atoms with van der Waals surface area (Å²) in [4.78, 5) is 28.5. The van der Waals surface area contributed by atoms with Gasteiger partial charge in [0.1, 0.15) is 11.9 Å². The van der Waals surface area contributed by atoms with Gasteiger partial charge in [-0.25, -0.2) is 9.78 Å². The Balaban J connectivity index is 1.50. The highest BCUT2D eigenvalue weighted by Gasteiger charge is 2.24. The van der Waals surface area contributed by atoms with Gasteiger partial charge in [0, 0.05) is 5.69 Å². The molecule has 8 nitrogen and oxygen atoms in total. The topological polar surface area (TPSA) is 110 Å². The number of carboxylic acids is 1. The number of aromatic nitrogens is 4. The fraction of sp³-hybridized carbons (Fsp3) is 0.261. The van der Waals surface area contributed by atoms with E-state index in [0.717, 1.165) is 26.1 Å². The lowest BCUT2D eigenvalue weighted by atomic mass is 10.1. The number of carboxylic acid groups (broad SMARTS) is 1. The highest BCUT2D eigenvalue weighted by Crippen LogP contribution is 2.32. The number of nitrogens with one attached hydrogen (secondary N) is 1. The fourth-order valence-corrected chi connectivity index (χ4v) is 5.98. The Kier molecular flexibility index (Phi) is 7.86. The molecule has 2 aromatic heterocycles. The van der Waals surface area contributed by atoms with Gasteiger partial charge >= 0.3 is 5.97 Å². The molecule has 1 unspecified atom stereocenters. The number of thiazole rings is 1. The Hall–Kier alpha value is -2.89. The normalized spacial score (nSPS) is 12.2. The zero-order valence-electron chi connectivity index (χ0n) is 18.5. The number of fused-ring (bicyclic) bond motifs is 1. The molecule has 2 N–H and O–H groups in total. The zero-order chi connectivity index (χ0) is 24.1. The summed E-state index contributed by atoms with van der Waals surface area (Å²) >= 11 is 4.45. The first-order chi connectivity index (χ1) is 16.4. The third-order valence-electron chi connectivity index (χ3n) is 4.90. The van der Waals surface area contributed by atoms with Crippen molar-refractivity contribution >= 4 is 57.0 Å². The summed E-state index contributed by atoms with van der Waals surface area (Å²) in [6, 6.07) is 16.8. The van der Waals surface area contributed by atoms with Crippen LogP contribution in [0.25, 0.3) is 15.9 Å². The van der Waals surface area contributed by atoms with E-state index in [1.54, 1.807) is 36.9 Å². The highest BCUT2D eigenvalue weighted by molar-refractivity contribution is 8.00. The molecule has 0 aliphatic rings. The molecule has 2 heterocycles. The summed E-state index contributed by atoms with van der Waals surface area (Å²) in [7, 11) is 0. The lowest BCUT2D eigenvalue weighted by Crippen LogP contribution is -2.45. The van der Waals surface area contributed by atoms with Crippen molar-refractivity contribution < 1.29 is 14.7 Å². The zero-order valence-corrected chi connectivity index (χ0v) is 21.0. The predicted molar refractivity (Wildman–Crippen MR) is 136 cm³/mol. The number of hydrogen-bond donors (Lipinski definition) is 2. The van der Waals surface area contributed by atoms with Gasteiger partial charge in [-0.15, -0.1) is 21.5 Å². The summed E-state index contributed by atoms with van der Waals surface area (Å²) in [5.41, 5.74) is 1.86. The lowest BCUT2D eigenvalue weighted by Gasteiger charge is -2.17. The first-order valence-corrected chi connectivity index (χ1v) is 13.3. The van der Waals surface area contributed by atoms with Crippen molar-refractivity contribution in [2.24, 2.45) is 5.92 Å². The van der Waals surface area contributed by atoms with Crippen LogP contribution in [0.5, 0.6) is 0 Å². The number of amides is 1. The van der Waals surface area contributed by atoms with Crippen LogP contribution in [0.2, 0.25) is 0 Å². The Bertz CT molecular complexity index is 1260. The molecule has 0 aliphatic carbocycles. The van der Waals surface area contributed by atoms with E-state index in [0.29, 0.717) is 10.9 Å². The van der Waals surface area contributed by atoms with Crippen molar-refractivity contribution in [2.75, 3.05) is 5.75 Å². The van der Waals surface area contributed by atoms with Crippen LogP contribution >= 0.6 is 34.9 Å². The molecule has 0 spiro atoms. The maximum Gasteiger partial charge on any atom is 0.326 e. The molecule has 0 radical (unpaired) electrons. The summed E-state index contributed by atoms with van der Waals surface area (Å²) < 4.78 is 4.01. The number of para-hydroxylation sites is 2. The standard InChI is InChI=1S/C23H23N5O3S3/c1-14(2)20(21(30)31)25-19(29)13-32-22-27-26-18(28(22)15-8-4-3-5-9-15)12-33-23-24-16-10-6-7-11-17(16)34-23/h3-11,14,20H,12-13H2,1-2H3,(H,25,29)(H,30,31). The summed E-state index contributed by atoms with van der Waals surface area (Å²) in [6.45, 7) is 3.52. The predicted octanol–water partition coefficient (Wildman–Crippen LogP) is 4.49. The minimum atomic E-state index is -1.05. The van der Waals surface area contributed by atoms with Gasteiger partial charge in [0.2, 0.25) is 5.91 Å². The largest absolute Gasteiger partial charge is 0.480 e. The van der Waals surface area contributed by atoms with Crippen LogP contribution in [0.1, 0.15) is 19.7 Å². The minimum Gasteiger partial charge on any atom is -0.480 e. The van der Waals surface area contributed by atoms with Gasteiger partial charge in [-0.1, -0.05) is 67.7 Å². The van der Waals surface area contributed by atoms with Gasteiger partial charge in [-0.3, -0.25) is 9.36 Å². The second-order valence-corrected chi connectivity index (χ2v) is 10.9. The average molecular weight is 514 g/mol. The van der Waals surface area contributed by atoms with E-state index in [4.69, 9.17) is 0 Å². The molecule has 11 heteroatoms. The number of rotatable bonds is 10. The molecule has 0 bridgehead atoms. The van der Waals surface area contributed by atoms with Crippen molar-refractivity contribution in [3.63, 3.8) is 0 Å². The molecule has 4 rings (SSSR count). The van der Waals surface area contributed by atoms with Gasteiger partial charge in [-0.2, -0.15) is 0 Å². The van der Waals surface area contributed by atoms with E-state index in [1.807, 2.05) is 53.1 Å². The van der Waals surface area contributed by atoms with Crippen molar-refractivity contribution in [3.8, 4) is 5.69 Å². The number of hydrogen-bond acceptors (Lipinski definition) is 8. The minimum absolute atomic E-state index is 0.0342. The van der Waals surface area contributed by atoms with Crippen LogP contribution in [0.3, 0.4) is 0 Å². The summed E-state index contributed by atoms with van der Waals surface area (Å²) in [5, 5.41) is 21.2. The number of benzene rings is 2. The second kappa shape index (κ2) is 11.0. The van der Waals surface area contributed by atoms with Gasteiger partial charge in [-0.05, 0) is 30.2 Å². The van der Waals surface area contributed by atoms with Crippen molar-refractivity contribution in [1.82, 2.24) is 25.1 Å². The number of aliphatic carboxylic acids is 1. The lowest BCUT2D eigenvalue weighted by molar-refractivity contribution is -0.142. The van der Waals surface area contributed by atoms with E-state index in [9.17, 15) is 14.7 Å². The molecule has 176 valence electrons. The Morgan fingerprint density at radius 2 is 1.79 bits per heavy atom. The van der Waals surface area contributed by atoms with Gasteiger partial charge in [0.05, 0.1) is 21.7 Å². The highest BCUT2D eigenvalue weighted by atomic mass is 32.2. The molecule has 0 fully saturated rings. The first kappa shape index (κ1) is 24.2. The fourth-order valence-electron chi connectivity index (χ4n) is 3.22. The van der Waals surface area contributed by atoms with Crippen LogP contribution in [0.15, 0.2) is 64.1 Å². The van der Waals surface area contributed by atoms with Crippen LogP contribution in [0.4, 0.5) is 0 Å². The average Bonchev–Trinajstić information content (AvgIpc) is 3.43. The maximum absolute atomic E-state index is 12.4. The molecule has 0 aliphatic heterocycles. The number of nitrogens with zero attached hydrogens (tertiary/aromatic N) is 4. The van der Waals surface area contributed by atoms with Crippen LogP contribution in [-0.2, 0) is 15.3 Å². The van der Waals surface area contributed by atoms with Crippen LogP contribution in [-0.4, -0.2) is 48.5 Å². The molecule has 34 heavy (non-hydrogen) atoms. The van der Waals surface area contributed by atoms with Crippen LogP contribution < -0.4 is 5.32 Å². The quantitative estimate of drug-likeness (QED) is 0.299. The van der Waals surface area contributed by atoms with E-state index in [1.165, 1.54) is 11.8 Å². The molecule has 4 aromatic rings. The van der Waals surface area contributed by atoms with E-state index in [-0.39, 0.29) is 17.6 Å². The monoisotopic (exact) mass is 513 g/mol. The number of carbonyl (C=O) groups is 2. The molecule has 0 saturated heterocycles. The van der Waals surface area contributed by atoms with Crippen molar-refractivity contribution in [2.45, 2.75) is 35.1 Å². The Morgan fingerprint density at radius 3 is 2.50 bits per heavy atom. The summed E-state index contributed by atoms with van der Waals surface area (Å²) in [6.07, 6.45) is 0. The first-order valence-electron chi connectivity index (χ1n) is 10.6. The van der Waals surface area contributed by atoms with Gasteiger partial charge in [0.25, 0.3) is 0 Å². The van der Waals surface area contributed by atoms with Gasteiger partial charge < -0.3 is 10.4 Å². The van der Waals surface area contributed by atoms with Crippen molar-refractivity contribution in [3.05, 3.63) is 60.4 Å². The van der Waals surface area contributed by atoms with Crippen molar-refractivity contribution in [1.29, 1.82) is 0 Å². The van der Waals surface area contributed by atoms with Gasteiger partial charge in [0.15, 0.2) is 9.50 Å². The SMILES string of the molecule is CC(C)C(NC(=O)CSc1nnc(CSc2nc3ccccc3s2)n1-c1ccccc1)C(=O)O.